The molecule has 1 heteroatoms. The monoisotopic (exact) mass is 649 g/mol. The van der Waals surface area contributed by atoms with Crippen LogP contribution in [-0.2, 0) is 0 Å². The van der Waals surface area contributed by atoms with Gasteiger partial charge in [-0.3, -0.25) is 0 Å². The average Bonchev–Trinajstić information content (AvgIpc) is 3.22. The SMILES string of the molecule is c1ccc(-c2ccc(N(c3cccc(-c4ccccc4)c3)c3c(-c4cccc(-c5ccccc5)c4)c4ccccc4c4ccccc34)cc2)cc1. The Morgan fingerprint density at radius 3 is 1.25 bits per heavy atom. The van der Waals surface area contributed by atoms with E-state index in [2.05, 4.69) is 217 Å². The van der Waals surface area contributed by atoms with Gasteiger partial charge in [0, 0.05) is 22.3 Å². The van der Waals surface area contributed by atoms with Gasteiger partial charge in [0.1, 0.15) is 0 Å². The zero-order valence-electron chi connectivity index (χ0n) is 28.2. The lowest BCUT2D eigenvalue weighted by Crippen LogP contribution is -2.12. The molecule has 0 amide bonds. The number of nitrogens with zero attached hydrogens (tertiary/aromatic N) is 1. The molecule has 0 aliphatic rings. The lowest BCUT2D eigenvalue weighted by molar-refractivity contribution is 1.30. The highest BCUT2D eigenvalue weighted by molar-refractivity contribution is 6.22. The molecule has 9 aromatic carbocycles. The van der Waals surface area contributed by atoms with Gasteiger partial charge in [-0.1, -0.05) is 182 Å². The second kappa shape index (κ2) is 13.3. The normalized spacial score (nSPS) is 11.1. The molecule has 0 saturated carbocycles. The molecule has 51 heavy (non-hydrogen) atoms. The second-order valence-electron chi connectivity index (χ2n) is 12.9. The zero-order chi connectivity index (χ0) is 34.0. The third-order valence-electron chi connectivity index (χ3n) is 9.83. The summed E-state index contributed by atoms with van der Waals surface area (Å²) in [6.45, 7) is 0. The fraction of sp³-hybridized carbons (Fsp3) is 0. The van der Waals surface area contributed by atoms with Crippen LogP contribution >= 0.6 is 0 Å². The summed E-state index contributed by atoms with van der Waals surface area (Å²) in [6, 6.07) is 76.7. The smallest absolute Gasteiger partial charge is 0.0624 e. The molecule has 0 N–H and O–H groups in total. The minimum atomic E-state index is 1.10. The minimum Gasteiger partial charge on any atom is -0.309 e. The van der Waals surface area contributed by atoms with E-state index in [1.807, 2.05) is 0 Å². The summed E-state index contributed by atoms with van der Waals surface area (Å²) in [5, 5.41) is 4.90. The Hall–Kier alpha value is -6.70. The Labute approximate surface area is 299 Å². The number of hydrogen-bond donors (Lipinski definition) is 0. The van der Waals surface area contributed by atoms with Crippen LogP contribution in [0.3, 0.4) is 0 Å². The van der Waals surface area contributed by atoms with Gasteiger partial charge in [-0.25, -0.2) is 0 Å². The summed E-state index contributed by atoms with van der Waals surface area (Å²) in [6.07, 6.45) is 0. The molecule has 0 aliphatic heterocycles. The molecular formula is C50H35N. The summed E-state index contributed by atoms with van der Waals surface area (Å²) < 4.78 is 0. The number of hydrogen-bond acceptors (Lipinski definition) is 1. The van der Waals surface area contributed by atoms with Crippen molar-refractivity contribution in [2.75, 3.05) is 4.90 Å². The molecule has 9 aromatic rings. The Balaban J connectivity index is 1.36. The average molecular weight is 650 g/mol. The molecule has 240 valence electrons. The summed E-state index contributed by atoms with van der Waals surface area (Å²) in [5.41, 5.74) is 12.9. The van der Waals surface area contributed by atoms with Crippen molar-refractivity contribution in [2.24, 2.45) is 0 Å². The fourth-order valence-corrected chi connectivity index (χ4v) is 7.43. The number of fused-ring (bicyclic) bond motifs is 3. The van der Waals surface area contributed by atoms with E-state index in [4.69, 9.17) is 0 Å². The van der Waals surface area contributed by atoms with Crippen molar-refractivity contribution in [3.05, 3.63) is 212 Å². The molecule has 0 spiro atoms. The molecule has 0 bridgehead atoms. The van der Waals surface area contributed by atoms with Crippen LogP contribution in [0.1, 0.15) is 0 Å². The molecule has 0 unspecified atom stereocenters. The molecule has 0 fully saturated rings. The zero-order valence-corrected chi connectivity index (χ0v) is 28.2. The van der Waals surface area contributed by atoms with Gasteiger partial charge in [0.05, 0.1) is 5.69 Å². The maximum Gasteiger partial charge on any atom is 0.0624 e. The molecular weight excluding hydrogens is 615 g/mol. The van der Waals surface area contributed by atoms with E-state index in [-0.39, 0.29) is 0 Å². The first-order chi connectivity index (χ1) is 25.3. The van der Waals surface area contributed by atoms with E-state index in [9.17, 15) is 0 Å². The van der Waals surface area contributed by atoms with Crippen molar-refractivity contribution >= 4 is 38.6 Å². The van der Waals surface area contributed by atoms with Crippen LogP contribution in [0.4, 0.5) is 17.1 Å². The Morgan fingerprint density at radius 1 is 0.235 bits per heavy atom. The number of anilines is 3. The van der Waals surface area contributed by atoms with Gasteiger partial charge in [0.2, 0.25) is 0 Å². The van der Waals surface area contributed by atoms with Gasteiger partial charge in [-0.05, 0) is 85.4 Å². The first-order valence-corrected chi connectivity index (χ1v) is 17.5. The van der Waals surface area contributed by atoms with Crippen molar-refractivity contribution in [1.29, 1.82) is 0 Å². The van der Waals surface area contributed by atoms with Crippen molar-refractivity contribution in [1.82, 2.24) is 0 Å². The first kappa shape index (κ1) is 30.4. The van der Waals surface area contributed by atoms with Crippen LogP contribution in [0.15, 0.2) is 212 Å². The van der Waals surface area contributed by atoms with Crippen molar-refractivity contribution in [3.8, 4) is 44.5 Å². The Morgan fingerprint density at radius 2 is 0.647 bits per heavy atom. The predicted octanol–water partition coefficient (Wildman–Crippen LogP) is 14.1. The van der Waals surface area contributed by atoms with Crippen LogP contribution in [-0.4, -0.2) is 0 Å². The molecule has 0 atom stereocenters. The van der Waals surface area contributed by atoms with Gasteiger partial charge in [-0.2, -0.15) is 0 Å². The molecule has 0 radical (unpaired) electrons. The highest BCUT2D eigenvalue weighted by Gasteiger charge is 2.24. The molecule has 1 nitrogen and oxygen atoms in total. The third-order valence-corrected chi connectivity index (χ3v) is 9.83. The molecule has 0 heterocycles. The summed E-state index contributed by atoms with van der Waals surface area (Å²) in [4.78, 5) is 2.47. The van der Waals surface area contributed by atoms with Crippen LogP contribution in [0.5, 0.6) is 0 Å². The van der Waals surface area contributed by atoms with Crippen LogP contribution < -0.4 is 4.90 Å². The highest BCUT2D eigenvalue weighted by atomic mass is 15.1. The predicted molar refractivity (Wildman–Crippen MR) is 218 cm³/mol. The minimum absolute atomic E-state index is 1.10. The quantitative estimate of drug-likeness (QED) is 0.155. The van der Waals surface area contributed by atoms with E-state index in [0.29, 0.717) is 0 Å². The van der Waals surface area contributed by atoms with Gasteiger partial charge in [0.15, 0.2) is 0 Å². The molecule has 0 aromatic heterocycles. The highest BCUT2D eigenvalue weighted by Crippen LogP contribution is 2.50. The first-order valence-electron chi connectivity index (χ1n) is 17.5. The lowest BCUT2D eigenvalue weighted by atomic mass is 9.88. The Kier molecular flexibility index (Phi) is 7.92. The number of rotatable bonds is 7. The van der Waals surface area contributed by atoms with Gasteiger partial charge in [0.25, 0.3) is 0 Å². The largest absolute Gasteiger partial charge is 0.309 e. The summed E-state index contributed by atoms with van der Waals surface area (Å²) in [5.74, 6) is 0. The standard InChI is InChI=1S/C50H35N/c1-4-16-36(17-5-1)39-30-32-43(33-31-39)51(44-25-15-23-41(35-44)38-20-8-3-9-21-38)50-48-29-13-11-27-46(48)45-26-10-12-28-47(45)49(50)42-24-14-22-40(34-42)37-18-6-2-7-19-37/h1-35H. The fourth-order valence-electron chi connectivity index (χ4n) is 7.43. The summed E-state index contributed by atoms with van der Waals surface area (Å²) >= 11 is 0. The maximum atomic E-state index is 2.47. The second-order valence-corrected chi connectivity index (χ2v) is 12.9. The van der Waals surface area contributed by atoms with Crippen LogP contribution in [0.25, 0.3) is 66.1 Å². The van der Waals surface area contributed by atoms with E-state index in [1.54, 1.807) is 0 Å². The maximum absolute atomic E-state index is 2.47. The van der Waals surface area contributed by atoms with E-state index in [0.717, 1.165) is 17.1 Å². The van der Waals surface area contributed by atoms with E-state index in [1.165, 1.54) is 66.1 Å². The van der Waals surface area contributed by atoms with Crippen molar-refractivity contribution in [3.63, 3.8) is 0 Å². The number of benzene rings is 9. The van der Waals surface area contributed by atoms with Gasteiger partial charge < -0.3 is 4.90 Å². The molecule has 9 rings (SSSR count). The van der Waals surface area contributed by atoms with Crippen LogP contribution in [0, 0.1) is 0 Å². The van der Waals surface area contributed by atoms with E-state index < -0.39 is 0 Å². The molecule has 0 aliphatic carbocycles. The van der Waals surface area contributed by atoms with Crippen LogP contribution in [0.2, 0.25) is 0 Å². The Bertz CT molecular complexity index is 2610. The molecule has 0 saturated heterocycles. The topological polar surface area (TPSA) is 3.24 Å². The summed E-state index contributed by atoms with van der Waals surface area (Å²) in [7, 11) is 0. The lowest BCUT2D eigenvalue weighted by Gasteiger charge is -2.31. The van der Waals surface area contributed by atoms with Gasteiger partial charge >= 0.3 is 0 Å². The van der Waals surface area contributed by atoms with Crippen molar-refractivity contribution < 1.29 is 0 Å². The third kappa shape index (κ3) is 5.75. The van der Waals surface area contributed by atoms with Crippen molar-refractivity contribution in [2.45, 2.75) is 0 Å². The van der Waals surface area contributed by atoms with Gasteiger partial charge in [-0.15, -0.1) is 0 Å². The van der Waals surface area contributed by atoms with E-state index >= 15 is 0 Å².